The summed E-state index contributed by atoms with van der Waals surface area (Å²) in [7, 11) is 0. The highest BCUT2D eigenvalue weighted by molar-refractivity contribution is 6.35. The van der Waals surface area contributed by atoms with Gasteiger partial charge in [0.05, 0.1) is 0 Å². The number of hydrogen-bond acceptors (Lipinski definition) is 5. The van der Waals surface area contributed by atoms with E-state index in [9.17, 15) is 9.59 Å². The Hall–Kier alpha value is -2.12. The lowest BCUT2D eigenvalue weighted by molar-refractivity contribution is -0.153. The summed E-state index contributed by atoms with van der Waals surface area (Å²) in [6.45, 7) is 6.95. The number of nitrogens with two attached hydrogens (primary N) is 1. The minimum Gasteiger partial charge on any atom is -0.368 e. The standard InChI is InChI=1S/C18H27N5O2/c19-6-7-20-8-10-22(11-9-20)17(24)18(25)23-14-12-21(13-15-23)16-4-2-1-3-5-16/h1-5H,6-15,19H2. The van der Waals surface area contributed by atoms with Gasteiger partial charge < -0.3 is 20.4 Å². The zero-order valence-corrected chi connectivity index (χ0v) is 14.6. The topological polar surface area (TPSA) is 73.1 Å². The van der Waals surface area contributed by atoms with Crippen molar-refractivity contribution in [1.82, 2.24) is 14.7 Å². The van der Waals surface area contributed by atoms with Crippen LogP contribution < -0.4 is 10.6 Å². The molecule has 1 aromatic carbocycles. The molecule has 136 valence electrons. The van der Waals surface area contributed by atoms with Crippen LogP contribution in [-0.4, -0.2) is 92.0 Å². The second-order valence-corrected chi connectivity index (χ2v) is 6.54. The average molecular weight is 345 g/mol. The van der Waals surface area contributed by atoms with Gasteiger partial charge in [0.15, 0.2) is 0 Å². The molecule has 2 amide bonds. The van der Waals surface area contributed by atoms with Crippen molar-refractivity contribution in [2.75, 3.05) is 70.3 Å². The quantitative estimate of drug-likeness (QED) is 0.744. The molecule has 0 atom stereocenters. The lowest BCUT2D eigenvalue weighted by Crippen LogP contribution is -2.56. The first kappa shape index (κ1) is 17.7. The van der Waals surface area contributed by atoms with Crippen molar-refractivity contribution in [1.29, 1.82) is 0 Å². The fourth-order valence-electron chi connectivity index (χ4n) is 3.43. The van der Waals surface area contributed by atoms with Gasteiger partial charge in [0.25, 0.3) is 0 Å². The number of rotatable bonds is 3. The van der Waals surface area contributed by atoms with Crippen LogP contribution in [0.3, 0.4) is 0 Å². The van der Waals surface area contributed by atoms with E-state index in [1.165, 1.54) is 0 Å². The molecular weight excluding hydrogens is 318 g/mol. The van der Waals surface area contributed by atoms with Crippen molar-refractivity contribution in [3.8, 4) is 0 Å². The highest BCUT2D eigenvalue weighted by Gasteiger charge is 2.31. The number of benzene rings is 1. The van der Waals surface area contributed by atoms with Gasteiger partial charge >= 0.3 is 11.8 Å². The number of hydrogen-bond donors (Lipinski definition) is 1. The van der Waals surface area contributed by atoms with Crippen molar-refractivity contribution in [2.45, 2.75) is 0 Å². The summed E-state index contributed by atoms with van der Waals surface area (Å²) in [5.41, 5.74) is 6.73. The highest BCUT2D eigenvalue weighted by atomic mass is 16.2. The van der Waals surface area contributed by atoms with Crippen molar-refractivity contribution in [3.63, 3.8) is 0 Å². The van der Waals surface area contributed by atoms with Crippen LogP contribution >= 0.6 is 0 Å². The smallest absolute Gasteiger partial charge is 0.312 e. The molecule has 2 aliphatic heterocycles. The van der Waals surface area contributed by atoms with Gasteiger partial charge in [-0.05, 0) is 12.1 Å². The van der Waals surface area contributed by atoms with Gasteiger partial charge in [0, 0.05) is 71.1 Å². The molecule has 0 saturated carbocycles. The maximum absolute atomic E-state index is 12.5. The summed E-state index contributed by atoms with van der Waals surface area (Å²) in [6.07, 6.45) is 0. The third-order valence-corrected chi connectivity index (χ3v) is 4.98. The second kappa shape index (κ2) is 8.31. The van der Waals surface area contributed by atoms with Gasteiger partial charge in [-0.25, -0.2) is 0 Å². The molecule has 2 N–H and O–H groups in total. The minimum atomic E-state index is -0.361. The highest BCUT2D eigenvalue weighted by Crippen LogP contribution is 2.16. The maximum Gasteiger partial charge on any atom is 0.312 e. The Balaban J connectivity index is 1.48. The number of carbonyl (C=O) groups is 2. The van der Waals surface area contributed by atoms with Crippen LogP contribution in [0.25, 0.3) is 0 Å². The summed E-state index contributed by atoms with van der Waals surface area (Å²) in [5.74, 6) is -0.722. The van der Waals surface area contributed by atoms with Crippen molar-refractivity contribution >= 4 is 17.5 Å². The molecule has 2 fully saturated rings. The van der Waals surface area contributed by atoms with Crippen molar-refractivity contribution in [2.24, 2.45) is 5.73 Å². The van der Waals surface area contributed by atoms with Gasteiger partial charge in [-0.1, -0.05) is 18.2 Å². The molecule has 7 nitrogen and oxygen atoms in total. The molecule has 2 saturated heterocycles. The average Bonchev–Trinajstić information content (AvgIpc) is 2.68. The van der Waals surface area contributed by atoms with Crippen LogP contribution in [0.5, 0.6) is 0 Å². The number of anilines is 1. The van der Waals surface area contributed by atoms with E-state index >= 15 is 0 Å². The molecule has 2 heterocycles. The Morgan fingerprint density at radius 1 is 0.800 bits per heavy atom. The Morgan fingerprint density at radius 2 is 1.32 bits per heavy atom. The number of amides is 2. The van der Waals surface area contributed by atoms with E-state index in [1.54, 1.807) is 9.80 Å². The van der Waals surface area contributed by atoms with E-state index in [2.05, 4.69) is 21.9 Å². The van der Waals surface area contributed by atoms with E-state index < -0.39 is 0 Å². The number of carbonyl (C=O) groups excluding carboxylic acids is 2. The van der Waals surface area contributed by atoms with Crippen LogP contribution in [0.15, 0.2) is 30.3 Å². The van der Waals surface area contributed by atoms with Crippen LogP contribution in [0.1, 0.15) is 0 Å². The largest absolute Gasteiger partial charge is 0.368 e. The molecule has 0 spiro atoms. The van der Waals surface area contributed by atoms with E-state index in [0.29, 0.717) is 32.7 Å². The molecule has 0 unspecified atom stereocenters. The van der Waals surface area contributed by atoms with Crippen LogP contribution in [-0.2, 0) is 9.59 Å². The molecular formula is C18H27N5O2. The normalized spacial score (nSPS) is 19.2. The fraction of sp³-hybridized carbons (Fsp3) is 0.556. The predicted molar refractivity (Wildman–Crippen MR) is 97.3 cm³/mol. The van der Waals surface area contributed by atoms with Crippen LogP contribution in [0, 0.1) is 0 Å². The summed E-state index contributed by atoms with van der Waals surface area (Å²) >= 11 is 0. The number of piperazine rings is 2. The Morgan fingerprint density at radius 3 is 1.84 bits per heavy atom. The third kappa shape index (κ3) is 4.29. The molecule has 0 radical (unpaired) electrons. The molecule has 0 bridgehead atoms. The van der Waals surface area contributed by atoms with Crippen LogP contribution in [0.4, 0.5) is 5.69 Å². The van der Waals surface area contributed by atoms with Crippen molar-refractivity contribution < 1.29 is 9.59 Å². The first-order valence-corrected chi connectivity index (χ1v) is 8.99. The van der Waals surface area contributed by atoms with E-state index in [-0.39, 0.29) is 11.8 Å². The first-order valence-electron chi connectivity index (χ1n) is 8.99. The van der Waals surface area contributed by atoms with E-state index in [4.69, 9.17) is 5.73 Å². The van der Waals surface area contributed by atoms with Gasteiger partial charge in [-0.3, -0.25) is 14.5 Å². The summed E-state index contributed by atoms with van der Waals surface area (Å²) < 4.78 is 0. The number of nitrogens with zero attached hydrogens (tertiary/aromatic N) is 4. The summed E-state index contributed by atoms with van der Waals surface area (Å²) in [5, 5.41) is 0. The van der Waals surface area contributed by atoms with Gasteiger partial charge in [-0.15, -0.1) is 0 Å². The van der Waals surface area contributed by atoms with Gasteiger partial charge in [0.1, 0.15) is 0 Å². The zero-order chi connectivity index (χ0) is 17.6. The van der Waals surface area contributed by atoms with Crippen molar-refractivity contribution in [3.05, 3.63) is 30.3 Å². The molecule has 25 heavy (non-hydrogen) atoms. The molecule has 3 rings (SSSR count). The SMILES string of the molecule is NCCN1CCN(C(=O)C(=O)N2CCN(c3ccccc3)CC2)CC1. The van der Waals surface area contributed by atoms with E-state index in [0.717, 1.165) is 38.4 Å². The molecule has 0 aliphatic carbocycles. The summed E-state index contributed by atoms with van der Waals surface area (Å²) in [4.78, 5) is 32.9. The Bertz CT molecular complexity index is 578. The second-order valence-electron chi connectivity index (χ2n) is 6.54. The minimum absolute atomic E-state index is 0.361. The zero-order valence-electron chi connectivity index (χ0n) is 14.6. The molecule has 2 aliphatic rings. The first-order chi connectivity index (χ1) is 12.2. The summed E-state index contributed by atoms with van der Waals surface area (Å²) in [6, 6.07) is 10.2. The predicted octanol–water partition coefficient (Wildman–Crippen LogP) is -0.562. The molecule has 7 heteroatoms. The monoisotopic (exact) mass is 345 g/mol. The van der Waals surface area contributed by atoms with Gasteiger partial charge in [-0.2, -0.15) is 0 Å². The lowest BCUT2D eigenvalue weighted by Gasteiger charge is -2.38. The Labute approximate surface area is 149 Å². The lowest BCUT2D eigenvalue weighted by atomic mass is 10.2. The number of para-hydroxylation sites is 1. The van der Waals surface area contributed by atoms with Gasteiger partial charge in [0.2, 0.25) is 0 Å². The maximum atomic E-state index is 12.5. The van der Waals surface area contributed by atoms with Crippen LogP contribution in [0.2, 0.25) is 0 Å². The van der Waals surface area contributed by atoms with E-state index in [1.807, 2.05) is 18.2 Å². The molecule has 0 aromatic heterocycles. The third-order valence-electron chi connectivity index (χ3n) is 4.98. The Kier molecular flexibility index (Phi) is 5.88. The fourth-order valence-corrected chi connectivity index (χ4v) is 3.43. The molecule has 1 aromatic rings.